The summed E-state index contributed by atoms with van der Waals surface area (Å²) >= 11 is 1.15. The minimum atomic E-state index is -0.735. The van der Waals surface area contributed by atoms with Gasteiger partial charge in [0.05, 0.1) is 26.0 Å². The Hall–Kier alpha value is -3.25. The van der Waals surface area contributed by atoms with Crippen molar-refractivity contribution in [3.05, 3.63) is 40.2 Å². The molecule has 0 unspecified atom stereocenters. The third kappa shape index (κ3) is 3.37. The molecule has 3 aromatic heterocycles. The zero-order valence-electron chi connectivity index (χ0n) is 16.9. The monoisotopic (exact) mass is 444 g/mol. The summed E-state index contributed by atoms with van der Waals surface area (Å²) < 4.78 is 17.4. The normalized spacial score (nSPS) is 18.8. The number of ether oxygens (including phenoxy) is 2. The highest BCUT2D eigenvalue weighted by Crippen LogP contribution is 2.48. The number of carbonyl (C=O) groups excluding carboxylic acids is 1. The second-order valence-corrected chi connectivity index (χ2v) is 8.62. The van der Waals surface area contributed by atoms with E-state index in [1.165, 1.54) is 13.2 Å². The predicted octanol–water partition coefficient (Wildman–Crippen LogP) is 1.84. The summed E-state index contributed by atoms with van der Waals surface area (Å²) in [5.41, 5.74) is 0.666. The number of hydrogen-bond acceptors (Lipinski definition) is 10. The summed E-state index contributed by atoms with van der Waals surface area (Å²) in [6, 6.07) is 3.46. The van der Waals surface area contributed by atoms with Crippen LogP contribution in [0.1, 0.15) is 29.1 Å². The largest absolute Gasteiger partial charge is 0.488 e. The molecule has 1 atom stereocenters. The average molecular weight is 444 g/mol. The fraction of sp³-hybridized carbons (Fsp3) is 0.421. The molecular formula is C19H20N6O5S. The molecule has 12 heteroatoms. The molecule has 0 radical (unpaired) electrons. The quantitative estimate of drug-likeness (QED) is 0.584. The van der Waals surface area contributed by atoms with Crippen molar-refractivity contribution in [1.29, 1.82) is 0 Å². The van der Waals surface area contributed by atoms with Gasteiger partial charge in [0.1, 0.15) is 0 Å². The first-order valence-electron chi connectivity index (χ1n) is 9.71. The molecule has 1 spiro atoms. The van der Waals surface area contributed by atoms with Crippen molar-refractivity contribution in [1.82, 2.24) is 20.0 Å². The van der Waals surface area contributed by atoms with Gasteiger partial charge in [0, 0.05) is 29.4 Å². The van der Waals surface area contributed by atoms with E-state index in [2.05, 4.69) is 25.9 Å². The van der Waals surface area contributed by atoms with Gasteiger partial charge in [-0.05, 0) is 25.8 Å². The number of aryl methyl sites for hydroxylation is 1. The Labute approximate surface area is 180 Å². The van der Waals surface area contributed by atoms with Crippen molar-refractivity contribution in [3.8, 4) is 10.9 Å². The maximum atomic E-state index is 12.7. The van der Waals surface area contributed by atoms with Crippen LogP contribution in [-0.2, 0) is 4.74 Å². The van der Waals surface area contributed by atoms with Gasteiger partial charge in [0.2, 0.25) is 16.0 Å². The van der Waals surface area contributed by atoms with E-state index in [-0.39, 0.29) is 28.1 Å². The molecule has 162 valence electrons. The van der Waals surface area contributed by atoms with Crippen LogP contribution >= 0.6 is 11.3 Å². The van der Waals surface area contributed by atoms with E-state index in [1.54, 1.807) is 10.9 Å². The minimum absolute atomic E-state index is 0.0335. The standard InChI is InChI=1S/C19H20N6O5S/c1-10-4-6-20-25(10)18-24-23-17(31-18)22-15(26)12-7-11(14(28-2)16(27)30-12)21-13-3-5-19(13)8-29-9-19/h4,6-7,13,21H,3,5,8-9H2,1-2H3,(H,22,23,26)/t13-/m0/s1. The number of hydrogen-bond donors (Lipinski definition) is 2. The number of nitrogens with zero attached hydrogens (tertiary/aromatic N) is 4. The van der Waals surface area contributed by atoms with E-state index in [0.717, 1.165) is 29.9 Å². The topological polar surface area (TPSA) is 133 Å². The number of carbonyl (C=O) groups is 1. The van der Waals surface area contributed by atoms with E-state index in [1.807, 2.05) is 13.0 Å². The lowest BCUT2D eigenvalue weighted by molar-refractivity contribution is -0.163. The number of anilines is 2. The number of rotatable bonds is 6. The molecule has 2 fully saturated rings. The van der Waals surface area contributed by atoms with Crippen molar-refractivity contribution in [2.24, 2.45) is 5.41 Å². The van der Waals surface area contributed by atoms with Gasteiger partial charge in [-0.15, -0.1) is 10.2 Å². The lowest BCUT2D eigenvalue weighted by atomic mass is 9.63. The van der Waals surface area contributed by atoms with Crippen LogP contribution < -0.4 is 21.0 Å². The Bertz CT molecular complexity index is 1190. The number of amides is 1. The van der Waals surface area contributed by atoms with E-state index in [4.69, 9.17) is 13.9 Å². The molecule has 1 saturated heterocycles. The maximum absolute atomic E-state index is 12.7. The summed E-state index contributed by atoms with van der Waals surface area (Å²) in [6.45, 7) is 3.27. The zero-order chi connectivity index (χ0) is 21.6. The van der Waals surface area contributed by atoms with Crippen molar-refractivity contribution in [2.75, 3.05) is 31.0 Å². The first kappa shape index (κ1) is 19.7. The molecular weight excluding hydrogens is 424 g/mol. The van der Waals surface area contributed by atoms with Crippen molar-refractivity contribution >= 4 is 28.1 Å². The summed E-state index contributed by atoms with van der Waals surface area (Å²) in [5.74, 6) is -0.734. The third-order valence-electron chi connectivity index (χ3n) is 5.76. The summed E-state index contributed by atoms with van der Waals surface area (Å²) in [7, 11) is 1.39. The first-order chi connectivity index (χ1) is 15.0. The number of aromatic nitrogens is 4. The Morgan fingerprint density at radius 1 is 1.39 bits per heavy atom. The Morgan fingerprint density at radius 3 is 2.84 bits per heavy atom. The molecule has 31 heavy (non-hydrogen) atoms. The Balaban J connectivity index is 1.36. The molecule has 5 rings (SSSR count). The Kier molecular flexibility index (Phi) is 4.74. The fourth-order valence-corrected chi connectivity index (χ4v) is 4.55. The van der Waals surface area contributed by atoms with Gasteiger partial charge in [-0.25, -0.2) is 9.48 Å². The number of nitrogens with one attached hydrogen (secondary N) is 2. The molecule has 1 saturated carbocycles. The van der Waals surface area contributed by atoms with Gasteiger partial charge in [-0.1, -0.05) is 11.3 Å². The van der Waals surface area contributed by atoms with Crippen LogP contribution in [0.3, 0.4) is 0 Å². The molecule has 0 bridgehead atoms. The molecule has 1 amide bonds. The van der Waals surface area contributed by atoms with Gasteiger partial charge in [0.15, 0.2) is 5.76 Å². The molecule has 1 aliphatic heterocycles. The molecule has 3 aromatic rings. The van der Waals surface area contributed by atoms with Crippen molar-refractivity contribution < 1.29 is 18.7 Å². The van der Waals surface area contributed by atoms with Gasteiger partial charge < -0.3 is 19.2 Å². The van der Waals surface area contributed by atoms with E-state index in [9.17, 15) is 9.59 Å². The molecule has 4 heterocycles. The lowest BCUT2D eigenvalue weighted by Gasteiger charge is -2.55. The van der Waals surface area contributed by atoms with Crippen LogP contribution in [-0.4, -0.2) is 52.3 Å². The van der Waals surface area contributed by atoms with Crippen LogP contribution in [0.5, 0.6) is 5.75 Å². The van der Waals surface area contributed by atoms with Crippen molar-refractivity contribution in [2.45, 2.75) is 25.8 Å². The van der Waals surface area contributed by atoms with E-state index >= 15 is 0 Å². The second-order valence-electron chi connectivity index (χ2n) is 7.66. The predicted molar refractivity (Wildman–Crippen MR) is 111 cm³/mol. The van der Waals surface area contributed by atoms with Gasteiger partial charge in [-0.3, -0.25) is 10.1 Å². The molecule has 11 nitrogen and oxygen atoms in total. The van der Waals surface area contributed by atoms with Crippen LogP contribution in [0, 0.1) is 12.3 Å². The number of methoxy groups -OCH3 is 1. The van der Waals surface area contributed by atoms with Gasteiger partial charge in [-0.2, -0.15) is 5.10 Å². The minimum Gasteiger partial charge on any atom is -0.488 e. The van der Waals surface area contributed by atoms with E-state index < -0.39 is 11.5 Å². The third-order valence-corrected chi connectivity index (χ3v) is 6.58. The lowest BCUT2D eigenvalue weighted by Crippen LogP contribution is -2.61. The smallest absolute Gasteiger partial charge is 0.381 e. The van der Waals surface area contributed by atoms with Crippen LogP contribution in [0.4, 0.5) is 10.8 Å². The summed E-state index contributed by atoms with van der Waals surface area (Å²) in [4.78, 5) is 25.1. The highest BCUT2D eigenvalue weighted by Gasteiger charge is 2.52. The average Bonchev–Trinajstić information content (AvgIpc) is 3.32. The zero-order valence-corrected chi connectivity index (χ0v) is 17.7. The highest BCUT2D eigenvalue weighted by atomic mass is 32.1. The molecule has 1 aliphatic carbocycles. The molecule has 2 N–H and O–H groups in total. The van der Waals surface area contributed by atoms with Crippen LogP contribution in [0.2, 0.25) is 0 Å². The van der Waals surface area contributed by atoms with Crippen molar-refractivity contribution in [3.63, 3.8) is 0 Å². The summed E-state index contributed by atoms with van der Waals surface area (Å²) in [6.07, 6.45) is 3.67. The van der Waals surface area contributed by atoms with Gasteiger partial charge >= 0.3 is 5.63 Å². The SMILES string of the molecule is COc1c(N[C@H]2CCC23COC3)cc(C(=O)Nc2nnc(-n3nccc3C)s2)oc1=O. The maximum Gasteiger partial charge on any atom is 0.381 e. The van der Waals surface area contributed by atoms with E-state index in [0.29, 0.717) is 24.0 Å². The Morgan fingerprint density at radius 2 is 2.23 bits per heavy atom. The fourth-order valence-electron chi connectivity index (χ4n) is 3.79. The summed E-state index contributed by atoms with van der Waals surface area (Å²) in [5, 5.41) is 18.9. The van der Waals surface area contributed by atoms with Crippen LogP contribution in [0.15, 0.2) is 27.5 Å². The van der Waals surface area contributed by atoms with Crippen LogP contribution in [0.25, 0.3) is 5.13 Å². The first-order valence-corrected chi connectivity index (χ1v) is 10.5. The molecule has 0 aromatic carbocycles. The highest BCUT2D eigenvalue weighted by molar-refractivity contribution is 7.17. The van der Waals surface area contributed by atoms with Gasteiger partial charge in [0.25, 0.3) is 5.91 Å². The molecule has 2 aliphatic rings. The second kappa shape index (κ2) is 7.46.